The van der Waals surface area contributed by atoms with Crippen molar-refractivity contribution in [1.29, 1.82) is 0 Å². The number of fused-ring (bicyclic) bond motifs is 1. The average molecular weight is 230 g/mol. The van der Waals surface area contributed by atoms with Crippen LogP contribution in [0.4, 0.5) is 0 Å². The Bertz CT molecular complexity index is 611. The number of carbonyl (C=O) groups is 2. The Hall–Kier alpha value is -1.97. The molecule has 0 N–H and O–H groups in total. The first-order chi connectivity index (χ1) is 7.99. The van der Waals surface area contributed by atoms with Crippen LogP contribution in [0.1, 0.15) is 29.5 Å². The fraction of sp³-hybridized carbons (Fsp3) is 0.308. The summed E-state index contributed by atoms with van der Waals surface area (Å²) in [5.74, 6) is 0.631. The summed E-state index contributed by atoms with van der Waals surface area (Å²) in [5, 5.41) is 0. The highest BCUT2D eigenvalue weighted by atomic mass is 16.1. The number of carbonyl (C=O) groups excluding carboxylic acids is 2. The first-order valence-electron chi connectivity index (χ1n) is 5.45. The van der Waals surface area contributed by atoms with E-state index in [1.54, 1.807) is 12.1 Å². The third-order valence-corrected chi connectivity index (χ3v) is 2.84. The highest BCUT2D eigenvalue weighted by Gasteiger charge is 2.11. The monoisotopic (exact) mass is 230 g/mol. The quantitative estimate of drug-likeness (QED) is 0.599. The van der Waals surface area contributed by atoms with Gasteiger partial charge in [-0.2, -0.15) is 0 Å². The van der Waals surface area contributed by atoms with Crippen LogP contribution in [0, 0.1) is 6.92 Å². The van der Waals surface area contributed by atoms with E-state index in [4.69, 9.17) is 0 Å². The SMILES string of the molecule is CC(=O)CC(=O)c1ccc2c(c1)nc(C)n2C. The minimum Gasteiger partial charge on any atom is -0.331 e. The molecule has 0 amide bonds. The summed E-state index contributed by atoms with van der Waals surface area (Å²) >= 11 is 0. The molecule has 2 aromatic rings. The normalized spacial score (nSPS) is 10.8. The second-order valence-corrected chi connectivity index (χ2v) is 4.22. The van der Waals surface area contributed by atoms with Crippen LogP contribution in [0.15, 0.2) is 18.2 Å². The van der Waals surface area contributed by atoms with E-state index in [0.29, 0.717) is 5.56 Å². The van der Waals surface area contributed by atoms with Crippen molar-refractivity contribution in [3.05, 3.63) is 29.6 Å². The van der Waals surface area contributed by atoms with Crippen LogP contribution in [-0.2, 0) is 11.8 Å². The molecule has 0 aliphatic rings. The fourth-order valence-corrected chi connectivity index (χ4v) is 1.82. The minimum absolute atomic E-state index is 0.0443. The van der Waals surface area contributed by atoms with E-state index in [1.807, 2.05) is 24.6 Å². The van der Waals surface area contributed by atoms with Crippen LogP contribution in [-0.4, -0.2) is 21.1 Å². The second kappa shape index (κ2) is 4.13. The van der Waals surface area contributed by atoms with Crippen molar-refractivity contribution in [2.45, 2.75) is 20.3 Å². The van der Waals surface area contributed by atoms with Gasteiger partial charge < -0.3 is 4.57 Å². The predicted molar refractivity (Wildman–Crippen MR) is 65.1 cm³/mol. The first-order valence-corrected chi connectivity index (χ1v) is 5.45. The molecular formula is C13H14N2O2. The topological polar surface area (TPSA) is 52.0 Å². The summed E-state index contributed by atoms with van der Waals surface area (Å²) in [6.07, 6.45) is -0.0443. The molecule has 0 radical (unpaired) electrons. The van der Waals surface area contributed by atoms with Gasteiger partial charge in [0, 0.05) is 12.6 Å². The molecule has 0 spiro atoms. The summed E-state index contributed by atoms with van der Waals surface area (Å²) in [4.78, 5) is 27.0. The van der Waals surface area contributed by atoms with Gasteiger partial charge >= 0.3 is 0 Å². The van der Waals surface area contributed by atoms with E-state index < -0.39 is 0 Å². The zero-order valence-electron chi connectivity index (χ0n) is 10.2. The van der Waals surface area contributed by atoms with Gasteiger partial charge in [-0.15, -0.1) is 0 Å². The molecule has 17 heavy (non-hydrogen) atoms. The third-order valence-electron chi connectivity index (χ3n) is 2.84. The van der Waals surface area contributed by atoms with Crippen molar-refractivity contribution in [2.75, 3.05) is 0 Å². The number of aromatic nitrogens is 2. The summed E-state index contributed by atoms with van der Waals surface area (Å²) in [6.45, 7) is 3.33. The maximum absolute atomic E-state index is 11.7. The molecule has 0 unspecified atom stereocenters. The molecule has 4 nitrogen and oxygen atoms in total. The van der Waals surface area contributed by atoms with Gasteiger partial charge in [-0.3, -0.25) is 9.59 Å². The Kier molecular flexibility index (Phi) is 2.79. The first kappa shape index (κ1) is 11.5. The van der Waals surface area contributed by atoms with Crippen LogP contribution >= 0.6 is 0 Å². The minimum atomic E-state index is -0.150. The number of aryl methyl sites for hydroxylation is 2. The number of rotatable bonds is 3. The van der Waals surface area contributed by atoms with Crippen molar-refractivity contribution in [2.24, 2.45) is 7.05 Å². The van der Waals surface area contributed by atoms with Crippen molar-refractivity contribution in [3.8, 4) is 0 Å². The lowest BCUT2D eigenvalue weighted by Gasteiger charge is -1.99. The second-order valence-electron chi connectivity index (χ2n) is 4.22. The lowest BCUT2D eigenvalue weighted by Crippen LogP contribution is -2.04. The number of ketones is 2. The van der Waals surface area contributed by atoms with Gasteiger partial charge in [0.2, 0.25) is 0 Å². The van der Waals surface area contributed by atoms with Gasteiger partial charge in [0.25, 0.3) is 0 Å². The molecule has 0 saturated heterocycles. The Labute approximate surface area is 99.3 Å². The highest BCUT2D eigenvalue weighted by molar-refractivity contribution is 6.08. The third kappa shape index (κ3) is 2.11. The molecule has 0 saturated carbocycles. The Morgan fingerprint density at radius 2 is 2.06 bits per heavy atom. The number of benzene rings is 1. The fourth-order valence-electron chi connectivity index (χ4n) is 1.82. The number of nitrogens with zero attached hydrogens (tertiary/aromatic N) is 2. The lowest BCUT2D eigenvalue weighted by molar-refractivity contribution is -0.116. The van der Waals surface area contributed by atoms with E-state index >= 15 is 0 Å². The van der Waals surface area contributed by atoms with Crippen LogP contribution in [0.2, 0.25) is 0 Å². The largest absolute Gasteiger partial charge is 0.331 e. The van der Waals surface area contributed by atoms with E-state index in [1.165, 1.54) is 6.92 Å². The number of hydrogen-bond donors (Lipinski definition) is 0. The van der Waals surface area contributed by atoms with Gasteiger partial charge in [0.15, 0.2) is 5.78 Å². The van der Waals surface area contributed by atoms with Gasteiger partial charge in [0.1, 0.15) is 11.6 Å². The van der Waals surface area contributed by atoms with Gasteiger partial charge in [-0.1, -0.05) is 0 Å². The van der Waals surface area contributed by atoms with E-state index in [0.717, 1.165) is 16.9 Å². The van der Waals surface area contributed by atoms with Crippen molar-refractivity contribution in [3.63, 3.8) is 0 Å². The van der Waals surface area contributed by atoms with E-state index in [2.05, 4.69) is 4.98 Å². The molecule has 0 aliphatic carbocycles. The Morgan fingerprint density at radius 1 is 1.35 bits per heavy atom. The summed E-state index contributed by atoms with van der Waals surface area (Å²) < 4.78 is 1.97. The zero-order chi connectivity index (χ0) is 12.6. The van der Waals surface area contributed by atoms with Crippen LogP contribution < -0.4 is 0 Å². The molecule has 1 heterocycles. The number of imidazole rings is 1. The highest BCUT2D eigenvalue weighted by Crippen LogP contribution is 2.17. The molecule has 1 aromatic carbocycles. The summed E-state index contributed by atoms with van der Waals surface area (Å²) in [7, 11) is 1.93. The van der Waals surface area contributed by atoms with Gasteiger partial charge in [0.05, 0.1) is 17.5 Å². The van der Waals surface area contributed by atoms with E-state index in [9.17, 15) is 9.59 Å². The molecule has 0 atom stereocenters. The standard InChI is InChI=1S/C13H14N2O2/c1-8(16)6-13(17)10-4-5-12-11(7-10)14-9(2)15(12)3/h4-5,7H,6H2,1-3H3. The smallest absolute Gasteiger partial charge is 0.170 e. The molecule has 0 aliphatic heterocycles. The maximum Gasteiger partial charge on any atom is 0.170 e. The van der Waals surface area contributed by atoms with Crippen molar-refractivity contribution >= 4 is 22.6 Å². The Balaban J connectivity index is 2.45. The average Bonchev–Trinajstić information content (AvgIpc) is 2.53. The molecule has 0 bridgehead atoms. The maximum atomic E-state index is 11.7. The summed E-state index contributed by atoms with van der Waals surface area (Å²) in [6, 6.07) is 5.35. The molecule has 4 heteroatoms. The predicted octanol–water partition coefficient (Wildman–Crippen LogP) is 2.04. The Morgan fingerprint density at radius 3 is 2.71 bits per heavy atom. The van der Waals surface area contributed by atoms with Crippen LogP contribution in [0.5, 0.6) is 0 Å². The molecular weight excluding hydrogens is 216 g/mol. The molecule has 0 fully saturated rings. The van der Waals surface area contributed by atoms with Crippen molar-refractivity contribution in [1.82, 2.24) is 9.55 Å². The lowest BCUT2D eigenvalue weighted by atomic mass is 10.1. The number of Topliss-reactive ketones (excluding diaryl/α,β-unsaturated/α-hetero) is 2. The summed E-state index contributed by atoms with van der Waals surface area (Å²) in [5.41, 5.74) is 2.33. The van der Waals surface area contributed by atoms with Crippen molar-refractivity contribution < 1.29 is 9.59 Å². The molecule has 2 rings (SSSR count). The van der Waals surface area contributed by atoms with Gasteiger partial charge in [-0.05, 0) is 32.0 Å². The van der Waals surface area contributed by atoms with E-state index in [-0.39, 0.29) is 18.0 Å². The van der Waals surface area contributed by atoms with Gasteiger partial charge in [-0.25, -0.2) is 4.98 Å². The zero-order valence-corrected chi connectivity index (χ0v) is 10.2. The molecule has 1 aromatic heterocycles. The van der Waals surface area contributed by atoms with Crippen LogP contribution in [0.3, 0.4) is 0 Å². The molecule has 88 valence electrons. The number of hydrogen-bond acceptors (Lipinski definition) is 3. The van der Waals surface area contributed by atoms with Crippen LogP contribution in [0.25, 0.3) is 11.0 Å².